The third-order valence-corrected chi connectivity index (χ3v) is 4.11. The Balaban J connectivity index is 1.75. The van der Waals surface area contributed by atoms with E-state index >= 15 is 0 Å². The third-order valence-electron chi connectivity index (χ3n) is 3.97. The lowest BCUT2D eigenvalue weighted by atomic mass is 10.2. The average molecular weight is 391 g/mol. The fourth-order valence-corrected chi connectivity index (χ4v) is 2.88. The molecule has 1 aromatic heterocycles. The third kappa shape index (κ3) is 4.40. The lowest BCUT2D eigenvalue weighted by Gasteiger charge is -2.14. The SMILES string of the molecule is CC(=O)NCC1CN(c2ccc(-n3cnc(CC(N)=S)c3)c(F)c2)C(=O)O1. The number of rotatable bonds is 6. The molecule has 2 aromatic rings. The number of amides is 2. The molecule has 0 spiro atoms. The zero-order valence-corrected chi connectivity index (χ0v) is 15.3. The summed E-state index contributed by atoms with van der Waals surface area (Å²) in [6.45, 7) is 1.81. The van der Waals surface area contributed by atoms with Gasteiger partial charge in [-0.3, -0.25) is 9.69 Å². The molecule has 3 N–H and O–H groups in total. The molecule has 8 nitrogen and oxygen atoms in total. The van der Waals surface area contributed by atoms with Crippen LogP contribution in [-0.2, 0) is 16.0 Å². The van der Waals surface area contributed by atoms with Gasteiger partial charge in [-0.05, 0) is 18.2 Å². The van der Waals surface area contributed by atoms with Crippen molar-refractivity contribution in [3.05, 3.63) is 42.2 Å². The number of hydrogen-bond donors (Lipinski definition) is 2. The summed E-state index contributed by atoms with van der Waals surface area (Å²) >= 11 is 4.84. The summed E-state index contributed by atoms with van der Waals surface area (Å²) in [6, 6.07) is 4.42. The van der Waals surface area contributed by atoms with Gasteiger partial charge in [0, 0.05) is 19.5 Å². The minimum atomic E-state index is -0.584. The molecule has 1 fully saturated rings. The number of carbonyl (C=O) groups excluding carboxylic acids is 2. The Kier molecular flexibility index (Phi) is 5.36. The van der Waals surface area contributed by atoms with E-state index in [1.54, 1.807) is 18.3 Å². The first-order valence-electron chi connectivity index (χ1n) is 8.17. The van der Waals surface area contributed by atoms with Gasteiger partial charge in [0.15, 0.2) is 0 Å². The van der Waals surface area contributed by atoms with Crippen molar-refractivity contribution in [2.45, 2.75) is 19.4 Å². The van der Waals surface area contributed by atoms with Crippen LogP contribution in [0, 0.1) is 5.82 Å². The van der Waals surface area contributed by atoms with E-state index in [1.165, 1.54) is 28.8 Å². The molecule has 2 amide bonds. The molecule has 1 aliphatic heterocycles. The lowest BCUT2D eigenvalue weighted by Crippen LogP contribution is -2.33. The molecule has 1 atom stereocenters. The fourth-order valence-electron chi connectivity index (χ4n) is 2.73. The van der Waals surface area contributed by atoms with E-state index in [4.69, 9.17) is 22.7 Å². The van der Waals surface area contributed by atoms with Crippen molar-refractivity contribution in [3.8, 4) is 5.69 Å². The first kappa shape index (κ1) is 18.8. The van der Waals surface area contributed by atoms with Gasteiger partial charge in [0.05, 0.1) is 41.5 Å². The topological polar surface area (TPSA) is 102 Å². The standard InChI is InChI=1S/C17H18FN5O3S/c1-10(24)20-6-13-8-23(17(25)26-13)12-2-3-15(14(18)5-12)22-7-11(21-9-22)4-16(19)27/h2-3,5,7,9,13H,4,6,8H2,1H3,(H2,19,27)(H,20,24). The van der Waals surface area contributed by atoms with Gasteiger partial charge in [-0.2, -0.15) is 0 Å². The van der Waals surface area contributed by atoms with Crippen molar-refractivity contribution < 1.29 is 18.7 Å². The van der Waals surface area contributed by atoms with Gasteiger partial charge in [0.1, 0.15) is 11.9 Å². The minimum Gasteiger partial charge on any atom is -0.442 e. The van der Waals surface area contributed by atoms with Gasteiger partial charge in [0.25, 0.3) is 0 Å². The summed E-state index contributed by atoms with van der Waals surface area (Å²) in [5, 5.41) is 2.59. The van der Waals surface area contributed by atoms with Crippen LogP contribution in [0.3, 0.4) is 0 Å². The summed E-state index contributed by atoms with van der Waals surface area (Å²) in [6.07, 6.45) is 2.38. The molecule has 27 heavy (non-hydrogen) atoms. The molecule has 0 bridgehead atoms. The number of carbonyl (C=O) groups is 2. The predicted molar refractivity (Wildman–Crippen MR) is 100 cm³/mol. The second-order valence-corrected chi connectivity index (χ2v) is 6.63. The van der Waals surface area contributed by atoms with E-state index in [9.17, 15) is 14.0 Å². The van der Waals surface area contributed by atoms with Crippen molar-refractivity contribution in [1.82, 2.24) is 14.9 Å². The normalized spacial score (nSPS) is 16.3. The van der Waals surface area contributed by atoms with Crippen LogP contribution in [-0.4, -0.2) is 45.7 Å². The zero-order valence-electron chi connectivity index (χ0n) is 14.5. The van der Waals surface area contributed by atoms with E-state index in [-0.39, 0.29) is 24.7 Å². The maximum absolute atomic E-state index is 14.6. The average Bonchev–Trinajstić information content (AvgIpc) is 3.19. The number of thiocarbonyl (C=S) groups is 1. The number of nitrogens with one attached hydrogen (secondary N) is 1. The van der Waals surface area contributed by atoms with E-state index in [0.29, 0.717) is 22.8 Å². The highest BCUT2D eigenvalue weighted by molar-refractivity contribution is 7.80. The van der Waals surface area contributed by atoms with E-state index < -0.39 is 18.0 Å². The number of benzene rings is 1. The van der Waals surface area contributed by atoms with Gasteiger partial charge in [-0.15, -0.1) is 0 Å². The molecular formula is C17H18FN5O3S. The van der Waals surface area contributed by atoms with Crippen LogP contribution in [0.2, 0.25) is 0 Å². The monoisotopic (exact) mass is 391 g/mol. The second kappa shape index (κ2) is 7.70. The first-order chi connectivity index (χ1) is 12.8. The Bertz CT molecular complexity index is 900. The number of aromatic nitrogens is 2. The maximum atomic E-state index is 14.6. The van der Waals surface area contributed by atoms with Crippen LogP contribution in [0.1, 0.15) is 12.6 Å². The number of anilines is 1. The zero-order chi connectivity index (χ0) is 19.6. The van der Waals surface area contributed by atoms with Gasteiger partial charge in [-0.1, -0.05) is 12.2 Å². The molecule has 3 rings (SSSR count). The molecule has 0 aliphatic carbocycles. The van der Waals surface area contributed by atoms with E-state index in [2.05, 4.69) is 10.3 Å². The van der Waals surface area contributed by atoms with Crippen LogP contribution in [0.4, 0.5) is 14.9 Å². The number of halogens is 1. The molecule has 10 heteroatoms. The molecule has 1 aliphatic rings. The van der Waals surface area contributed by atoms with Gasteiger partial charge < -0.3 is 20.4 Å². The first-order valence-corrected chi connectivity index (χ1v) is 8.58. The highest BCUT2D eigenvalue weighted by Gasteiger charge is 2.32. The van der Waals surface area contributed by atoms with Crippen molar-refractivity contribution in [3.63, 3.8) is 0 Å². The smallest absolute Gasteiger partial charge is 0.414 e. The van der Waals surface area contributed by atoms with Crippen LogP contribution in [0.15, 0.2) is 30.7 Å². The Labute approximate surface area is 160 Å². The molecular weight excluding hydrogens is 373 g/mol. The summed E-state index contributed by atoms with van der Waals surface area (Å²) in [7, 11) is 0. The van der Waals surface area contributed by atoms with Crippen LogP contribution >= 0.6 is 12.2 Å². The van der Waals surface area contributed by atoms with Gasteiger partial charge in [0.2, 0.25) is 5.91 Å². The number of ether oxygens (including phenoxy) is 1. The van der Waals surface area contributed by atoms with E-state index in [1.807, 2.05) is 0 Å². The molecule has 1 saturated heterocycles. The quantitative estimate of drug-likeness (QED) is 0.720. The Morgan fingerprint density at radius 2 is 2.30 bits per heavy atom. The molecule has 1 unspecified atom stereocenters. The minimum absolute atomic E-state index is 0.207. The summed E-state index contributed by atoms with van der Waals surface area (Å²) in [4.78, 5) is 28.8. The largest absolute Gasteiger partial charge is 0.442 e. The number of imidazole rings is 1. The Hall–Kier alpha value is -3.01. The Morgan fingerprint density at radius 1 is 1.52 bits per heavy atom. The second-order valence-electron chi connectivity index (χ2n) is 6.10. The number of nitrogens with two attached hydrogens (primary N) is 1. The summed E-state index contributed by atoms with van der Waals surface area (Å²) in [5.74, 6) is -0.736. The molecule has 1 aromatic carbocycles. The van der Waals surface area contributed by atoms with Crippen LogP contribution < -0.4 is 16.0 Å². The predicted octanol–water partition coefficient (Wildman–Crippen LogP) is 1.30. The van der Waals surface area contributed by atoms with Crippen molar-refractivity contribution in [2.75, 3.05) is 18.0 Å². The van der Waals surface area contributed by atoms with Crippen molar-refractivity contribution >= 4 is 34.9 Å². The lowest BCUT2D eigenvalue weighted by molar-refractivity contribution is -0.119. The highest BCUT2D eigenvalue weighted by atomic mass is 32.1. The fraction of sp³-hybridized carbons (Fsp3) is 0.294. The van der Waals surface area contributed by atoms with Crippen molar-refractivity contribution in [1.29, 1.82) is 0 Å². The maximum Gasteiger partial charge on any atom is 0.414 e. The van der Waals surface area contributed by atoms with Gasteiger partial charge in [-0.25, -0.2) is 14.2 Å². The summed E-state index contributed by atoms with van der Waals surface area (Å²) in [5.41, 5.74) is 6.77. The van der Waals surface area contributed by atoms with Crippen LogP contribution in [0.5, 0.6) is 0 Å². The molecule has 0 saturated carbocycles. The number of hydrogen-bond acceptors (Lipinski definition) is 5. The molecule has 142 valence electrons. The molecule has 0 radical (unpaired) electrons. The highest BCUT2D eigenvalue weighted by Crippen LogP contribution is 2.25. The van der Waals surface area contributed by atoms with Crippen LogP contribution in [0.25, 0.3) is 5.69 Å². The summed E-state index contributed by atoms with van der Waals surface area (Å²) < 4.78 is 21.3. The number of nitrogens with zero attached hydrogens (tertiary/aromatic N) is 3. The van der Waals surface area contributed by atoms with Crippen molar-refractivity contribution in [2.24, 2.45) is 5.73 Å². The molecule has 2 heterocycles. The number of cyclic esters (lactones) is 1. The Morgan fingerprint density at radius 3 is 2.96 bits per heavy atom. The van der Waals surface area contributed by atoms with E-state index in [0.717, 1.165) is 0 Å². The van der Waals surface area contributed by atoms with Gasteiger partial charge >= 0.3 is 6.09 Å².